The molecule has 10 nitrogen and oxygen atoms in total. The zero-order chi connectivity index (χ0) is 29.9. The Morgan fingerprint density at radius 1 is 1.07 bits per heavy atom. The molecule has 0 bridgehead atoms. The van der Waals surface area contributed by atoms with Gasteiger partial charge in [-0.25, -0.2) is 18.4 Å². The molecule has 0 fully saturated rings. The summed E-state index contributed by atoms with van der Waals surface area (Å²) in [6, 6.07) is 8.03. The molecular weight excluding hydrogens is 547 g/mol. The summed E-state index contributed by atoms with van der Waals surface area (Å²) in [5, 5.41) is 8.12. The van der Waals surface area contributed by atoms with Crippen LogP contribution in [0.3, 0.4) is 0 Å². The highest BCUT2D eigenvalue weighted by Gasteiger charge is 2.35. The van der Waals surface area contributed by atoms with E-state index in [-0.39, 0.29) is 33.5 Å². The zero-order valence-electron chi connectivity index (χ0n) is 23.0. The standard InChI is InChI=1S/C20H18F3N7O3S.C4H10.C2H6.2H2/c1-34(32,33)30-17-11(3-2-6-24-17)9-25-18-14(20(21,22)23)10-26-19(29-18)27-13-4-5-15-12(7-13)8-16(31)28-15;1-3-4-2;1-2;;/h2-7,10H,8-9H2,1H3,(H,24,30)(H,28,31)(H2,25,26,27,29);3-4H2,1-2H3;1-2H3;2*1H. The van der Waals surface area contributed by atoms with Gasteiger partial charge in [0.25, 0.3) is 0 Å². The Hall–Kier alpha value is -3.94. The summed E-state index contributed by atoms with van der Waals surface area (Å²) in [5.41, 5.74) is 1.12. The van der Waals surface area contributed by atoms with Gasteiger partial charge >= 0.3 is 6.18 Å². The first-order valence-corrected chi connectivity index (χ1v) is 14.6. The number of alkyl halides is 3. The molecule has 2 aromatic heterocycles. The van der Waals surface area contributed by atoms with Crippen LogP contribution in [0.1, 0.15) is 60.1 Å². The lowest BCUT2D eigenvalue weighted by molar-refractivity contribution is -0.137. The first-order valence-electron chi connectivity index (χ1n) is 12.7. The minimum absolute atomic E-state index is 0. The molecule has 0 radical (unpaired) electrons. The summed E-state index contributed by atoms with van der Waals surface area (Å²) in [4.78, 5) is 23.2. The van der Waals surface area contributed by atoms with Crippen molar-refractivity contribution in [2.75, 3.05) is 26.9 Å². The molecule has 14 heteroatoms. The number of pyridine rings is 1. The maximum absolute atomic E-state index is 13.5. The maximum atomic E-state index is 13.5. The highest BCUT2D eigenvalue weighted by molar-refractivity contribution is 7.92. The number of unbranched alkanes of at least 4 members (excludes halogenated alkanes) is 1. The smallest absolute Gasteiger partial charge is 0.365 e. The van der Waals surface area contributed by atoms with E-state index in [1.54, 1.807) is 18.2 Å². The molecule has 1 aliphatic rings. The van der Waals surface area contributed by atoms with Gasteiger partial charge in [0.2, 0.25) is 21.9 Å². The number of rotatable bonds is 8. The Labute approximate surface area is 235 Å². The number of aromatic nitrogens is 3. The molecule has 3 heterocycles. The second-order valence-corrected chi connectivity index (χ2v) is 10.2. The van der Waals surface area contributed by atoms with Gasteiger partial charge in [0.1, 0.15) is 17.2 Å². The SMILES string of the molecule is CC.CCCC.CS(=O)(=O)Nc1ncccc1CNc1nc(Nc2ccc3c(c2)CC(=O)N3)ncc1C(F)(F)F.[HH].[HH]. The Kier molecular flexibility index (Phi) is 11.7. The van der Waals surface area contributed by atoms with Crippen molar-refractivity contribution in [3.05, 3.63) is 59.4 Å². The first-order chi connectivity index (χ1) is 18.9. The fraction of sp³-hybridized carbons (Fsp3) is 0.385. The number of benzene rings is 1. The van der Waals surface area contributed by atoms with E-state index in [0.717, 1.165) is 11.8 Å². The molecule has 0 unspecified atom stereocenters. The van der Waals surface area contributed by atoms with Crippen molar-refractivity contribution < 1.29 is 29.2 Å². The number of hydrogen-bond donors (Lipinski definition) is 4. The number of fused-ring (bicyclic) bond motifs is 1. The van der Waals surface area contributed by atoms with E-state index in [2.05, 4.69) is 49.5 Å². The number of nitrogens with zero attached hydrogens (tertiary/aromatic N) is 3. The number of carbonyl (C=O) groups excluding carboxylic acids is 1. The lowest BCUT2D eigenvalue weighted by atomic mass is 10.1. The number of halogens is 3. The minimum Gasteiger partial charge on any atom is -0.365 e. The number of sulfonamides is 1. The van der Waals surface area contributed by atoms with Crippen LogP contribution in [0, 0.1) is 0 Å². The van der Waals surface area contributed by atoms with E-state index in [1.165, 1.54) is 31.2 Å². The van der Waals surface area contributed by atoms with Crippen LogP contribution >= 0.6 is 0 Å². The summed E-state index contributed by atoms with van der Waals surface area (Å²) in [7, 11) is -3.64. The van der Waals surface area contributed by atoms with Gasteiger partial charge in [-0.2, -0.15) is 18.2 Å². The Morgan fingerprint density at radius 2 is 1.77 bits per heavy atom. The van der Waals surface area contributed by atoms with Crippen LogP contribution in [0.5, 0.6) is 0 Å². The normalized spacial score (nSPS) is 12.2. The third-order valence-corrected chi connectivity index (χ3v) is 5.76. The van der Waals surface area contributed by atoms with Crippen molar-refractivity contribution in [3.63, 3.8) is 0 Å². The molecule has 4 rings (SSSR count). The van der Waals surface area contributed by atoms with E-state index in [1.807, 2.05) is 13.8 Å². The number of carbonyl (C=O) groups is 1. The van der Waals surface area contributed by atoms with Gasteiger partial charge in [0, 0.05) is 38.7 Å². The third kappa shape index (κ3) is 9.67. The maximum Gasteiger partial charge on any atom is 0.421 e. The quantitative estimate of drug-likeness (QED) is 0.237. The number of hydrogen-bond acceptors (Lipinski definition) is 8. The molecule has 0 atom stereocenters. The molecule has 1 amide bonds. The van der Waals surface area contributed by atoms with Gasteiger partial charge in [-0.1, -0.05) is 46.6 Å². The van der Waals surface area contributed by atoms with Crippen LogP contribution in [0.15, 0.2) is 42.7 Å². The van der Waals surface area contributed by atoms with Crippen molar-refractivity contribution in [2.24, 2.45) is 0 Å². The summed E-state index contributed by atoms with van der Waals surface area (Å²) in [6.45, 7) is 8.16. The third-order valence-electron chi connectivity index (χ3n) is 5.20. The van der Waals surface area contributed by atoms with Crippen LogP contribution in [0.25, 0.3) is 0 Å². The number of anilines is 5. The molecule has 222 valence electrons. The molecule has 3 aromatic rings. The molecule has 0 saturated heterocycles. The van der Waals surface area contributed by atoms with Crippen LogP contribution < -0.4 is 20.7 Å². The summed E-state index contributed by atoms with van der Waals surface area (Å²) >= 11 is 0. The molecule has 0 spiro atoms. The number of nitrogens with one attached hydrogen (secondary N) is 4. The molecule has 1 aromatic carbocycles. The fourth-order valence-corrected chi connectivity index (χ4v) is 3.78. The van der Waals surface area contributed by atoms with E-state index in [9.17, 15) is 26.4 Å². The zero-order valence-corrected chi connectivity index (χ0v) is 23.8. The van der Waals surface area contributed by atoms with E-state index in [4.69, 9.17) is 0 Å². The summed E-state index contributed by atoms with van der Waals surface area (Å²) in [6.07, 6.45) is 1.04. The van der Waals surface area contributed by atoms with Gasteiger partial charge in [0.15, 0.2) is 0 Å². The predicted octanol–water partition coefficient (Wildman–Crippen LogP) is 6.44. The van der Waals surface area contributed by atoms with Crippen LogP contribution in [0.4, 0.5) is 42.1 Å². The Morgan fingerprint density at radius 3 is 2.40 bits per heavy atom. The van der Waals surface area contributed by atoms with Crippen molar-refractivity contribution in [2.45, 2.75) is 59.7 Å². The van der Waals surface area contributed by atoms with Gasteiger partial charge in [-0.3, -0.25) is 9.52 Å². The topological polar surface area (TPSA) is 138 Å². The van der Waals surface area contributed by atoms with Gasteiger partial charge in [-0.15, -0.1) is 0 Å². The highest BCUT2D eigenvalue weighted by Crippen LogP contribution is 2.35. The molecule has 0 saturated carbocycles. The lowest BCUT2D eigenvalue weighted by Gasteiger charge is -2.16. The molecule has 4 N–H and O–H groups in total. The minimum atomic E-state index is -4.73. The molecule has 1 aliphatic heterocycles. The van der Waals surface area contributed by atoms with Gasteiger partial charge < -0.3 is 16.0 Å². The molecule has 40 heavy (non-hydrogen) atoms. The van der Waals surface area contributed by atoms with Crippen LogP contribution in [-0.2, 0) is 34.0 Å². The van der Waals surface area contributed by atoms with Crippen LogP contribution in [0.2, 0.25) is 0 Å². The van der Waals surface area contributed by atoms with Crippen molar-refractivity contribution in [3.8, 4) is 0 Å². The van der Waals surface area contributed by atoms with E-state index < -0.39 is 27.6 Å². The average Bonchev–Trinajstić information content (AvgIpc) is 3.27. The monoisotopic (exact) mass is 585 g/mol. The van der Waals surface area contributed by atoms with E-state index in [0.29, 0.717) is 23.1 Å². The van der Waals surface area contributed by atoms with E-state index >= 15 is 0 Å². The highest BCUT2D eigenvalue weighted by atomic mass is 32.2. The molecule has 0 aliphatic carbocycles. The van der Waals surface area contributed by atoms with Crippen molar-refractivity contribution in [1.82, 2.24) is 15.0 Å². The van der Waals surface area contributed by atoms with Gasteiger partial charge in [0.05, 0.1) is 12.7 Å². The number of amides is 1. The fourth-order valence-electron chi connectivity index (χ4n) is 3.25. The van der Waals surface area contributed by atoms with Crippen molar-refractivity contribution >= 4 is 44.9 Å². The summed E-state index contributed by atoms with van der Waals surface area (Å²) < 4.78 is 65.9. The van der Waals surface area contributed by atoms with Crippen molar-refractivity contribution in [1.29, 1.82) is 0 Å². The predicted molar refractivity (Wildman–Crippen MR) is 155 cm³/mol. The lowest BCUT2D eigenvalue weighted by Crippen LogP contribution is -2.16. The van der Waals surface area contributed by atoms with Gasteiger partial charge in [-0.05, 0) is 29.8 Å². The second kappa shape index (κ2) is 14.4. The Bertz CT molecular complexity index is 1410. The first kappa shape index (κ1) is 32.3. The summed E-state index contributed by atoms with van der Waals surface area (Å²) in [5.74, 6) is -0.769. The largest absolute Gasteiger partial charge is 0.421 e. The van der Waals surface area contributed by atoms with Crippen LogP contribution in [-0.4, -0.2) is 35.5 Å². The Balaban J connectivity index is 0.00000194. The molecular formula is C26H38F3N7O3S. The average molecular weight is 586 g/mol. The second-order valence-electron chi connectivity index (χ2n) is 8.41.